The topological polar surface area (TPSA) is 55.4 Å². The highest BCUT2D eigenvalue weighted by molar-refractivity contribution is 7.84. The molecule has 8 heteroatoms. The average molecular weight is 301 g/mol. The van der Waals surface area contributed by atoms with Crippen LogP contribution in [0.5, 0.6) is 0 Å². The SMILES string of the molecule is C=C(C(=O)OCC)[C@H](N[S@@](=O)C(C)(C)C)C(F)(F)F. The highest BCUT2D eigenvalue weighted by Crippen LogP contribution is 2.27. The molecule has 0 radical (unpaired) electrons. The second kappa shape index (κ2) is 6.51. The maximum Gasteiger partial charge on any atom is 0.409 e. The Balaban J connectivity index is 5.11. The molecule has 0 saturated heterocycles. The lowest BCUT2D eigenvalue weighted by Gasteiger charge is -2.26. The summed E-state index contributed by atoms with van der Waals surface area (Å²) >= 11 is 0. The second-order valence-electron chi connectivity index (χ2n) is 4.72. The van der Waals surface area contributed by atoms with Crippen LogP contribution in [0.2, 0.25) is 0 Å². The summed E-state index contributed by atoms with van der Waals surface area (Å²) in [5.41, 5.74) is -0.813. The summed E-state index contributed by atoms with van der Waals surface area (Å²) in [4.78, 5) is 11.3. The van der Waals surface area contributed by atoms with Gasteiger partial charge in [-0.2, -0.15) is 13.2 Å². The summed E-state index contributed by atoms with van der Waals surface area (Å²) in [6.07, 6.45) is -4.79. The molecule has 0 aliphatic heterocycles. The van der Waals surface area contributed by atoms with E-state index in [-0.39, 0.29) is 6.61 Å². The number of rotatable bonds is 5. The van der Waals surface area contributed by atoms with Crippen LogP contribution in [-0.2, 0) is 20.5 Å². The molecule has 0 aromatic rings. The first-order valence-corrected chi connectivity index (χ1v) is 6.67. The zero-order valence-electron chi connectivity index (χ0n) is 11.3. The summed E-state index contributed by atoms with van der Waals surface area (Å²) in [6, 6.07) is -2.40. The number of hydrogen-bond acceptors (Lipinski definition) is 3. The third-order valence-corrected chi connectivity index (χ3v) is 3.56. The minimum atomic E-state index is -4.79. The van der Waals surface area contributed by atoms with E-state index in [1.807, 2.05) is 4.72 Å². The van der Waals surface area contributed by atoms with Gasteiger partial charge in [0.25, 0.3) is 0 Å². The Morgan fingerprint density at radius 3 is 2.16 bits per heavy atom. The Morgan fingerprint density at radius 1 is 1.37 bits per heavy atom. The van der Waals surface area contributed by atoms with Gasteiger partial charge in [0.1, 0.15) is 6.04 Å². The first kappa shape index (κ1) is 18.1. The molecule has 0 amide bonds. The minimum Gasteiger partial charge on any atom is -0.463 e. The Hall–Kier alpha value is -0.890. The van der Waals surface area contributed by atoms with Crippen LogP contribution >= 0.6 is 0 Å². The van der Waals surface area contributed by atoms with Crippen LogP contribution < -0.4 is 4.72 Å². The Kier molecular flexibility index (Phi) is 6.21. The molecule has 0 heterocycles. The smallest absolute Gasteiger partial charge is 0.409 e. The van der Waals surface area contributed by atoms with Crippen molar-refractivity contribution in [1.29, 1.82) is 0 Å². The monoisotopic (exact) mass is 301 g/mol. The molecular weight excluding hydrogens is 283 g/mol. The number of carbonyl (C=O) groups is 1. The molecular formula is C11H18F3NO3S. The van der Waals surface area contributed by atoms with Gasteiger partial charge in [0.15, 0.2) is 0 Å². The van der Waals surface area contributed by atoms with Gasteiger partial charge in [-0.15, -0.1) is 0 Å². The fourth-order valence-corrected chi connectivity index (χ4v) is 1.80. The normalized spacial score (nSPS) is 15.7. The largest absolute Gasteiger partial charge is 0.463 e. The zero-order chi connectivity index (χ0) is 15.4. The van der Waals surface area contributed by atoms with Gasteiger partial charge in [-0.05, 0) is 27.7 Å². The van der Waals surface area contributed by atoms with Gasteiger partial charge in [-0.25, -0.2) is 13.7 Å². The van der Waals surface area contributed by atoms with E-state index in [4.69, 9.17) is 0 Å². The van der Waals surface area contributed by atoms with Crippen molar-refractivity contribution >= 4 is 17.0 Å². The lowest BCUT2D eigenvalue weighted by atomic mass is 10.1. The maximum atomic E-state index is 12.9. The predicted molar refractivity (Wildman–Crippen MR) is 66.6 cm³/mol. The molecule has 0 fully saturated rings. The van der Waals surface area contributed by atoms with Crippen LogP contribution in [0.25, 0.3) is 0 Å². The Labute approximate surface area is 113 Å². The fraction of sp³-hybridized carbons (Fsp3) is 0.727. The molecule has 0 aromatic carbocycles. The third kappa shape index (κ3) is 5.73. The summed E-state index contributed by atoms with van der Waals surface area (Å²) in [6.45, 7) is 9.02. The molecule has 0 aliphatic carbocycles. The van der Waals surface area contributed by atoms with Gasteiger partial charge in [0.2, 0.25) is 0 Å². The number of alkyl halides is 3. The average Bonchev–Trinajstić information content (AvgIpc) is 2.21. The molecule has 19 heavy (non-hydrogen) atoms. The van der Waals surface area contributed by atoms with E-state index in [0.29, 0.717) is 0 Å². The van der Waals surface area contributed by atoms with Crippen LogP contribution in [0.4, 0.5) is 13.2 Å². The molecule has 1 N–H and O–H groups in total. The van der Waals surface area contributed by atoms with Gasteiger partial charge in [-0.3, -0.25) is 0 Å². The second-order valence-corrected chi connectivity index (χ2v) is 6.72. The first-order chi connectivity index (χ1) is 8.41. The number of hydrogen-bond donors (Lipinski definition) is 1. The van der Waals surface area contributed by atoms with E-state index < -0.39 is 39.5 Å². The van der Waals surface area contributed by atoms with Crippen molar-refractivity contribution in [2.24, 2.45) is 0 Å². The van der Waals surface area contributed by atoms with Crippen LogP contribution in [0.1, 0.15) is 27.7 Å². The van der Waals surface area contributed by atoms with Crippen molar-refractivity contribution in [2.75, 3.05) is 6.61 Å². The number of halogens is 3. The van der Waals surface area contributed by atoms with Crippen molar-refractivity contribution < 1.29 is 26.9 Å². The predicted octanol–water partition coefficient (Wildman–Crippen LogP) is 2.09. The van der Waals surface area contributed by atoms with Crippen molar-refractivity contribution in [3.8, 4) is 0 Å². The molecule has 0 aliphatic rings. The van der Waals surface area contributed by atoms with E-state index in [1.54, 1.807) is 0 Å². The van der Waals surface area contributed by atoms with Gasteiger partial charge in [-0.1, -0.05) is 6.58 Å². The van der Waals surface area contributed by atoms with E-state index in [9.17, 15) is 22.2 Å². The zero-order valence-corrected chi connectivity index (χ0v) is 12.1. The highest BCUT2D eigenvalue weighted by Gasteiger charge is 2.45. The quantitative estimate of drug-likeness (QED) is 0.625. The van der Waals surface area contributed by atoms with Crippen molar-refractivity contribution in [2.45, 2.75) is 44.7 Å². The summed E-state index contributed by atoms with van der Waals surface area (Å²) in [5, 5.41) is 0. The highest BCUT2D eigenvalue weighted by atomic mass is 32.2. The maximum absolute atomic E-state index is 12.9. The lowest BCUT2D eigenvalue weighted by Crippen LogP contribution is -2.49. The van der Waals surface area contributed by atoms with Crippen LogP contribution in [0, 0.1) is 0 Å². The first-order valence-electron chi connectivity index (χ1n) is 5.52. The number of nitrogens with one attached hydrogen (secondary N) is 1. The Morgan fingerprint density at radius 2 is 1.84 bits per heavy atom. The molecule has 0 bridgehead atoms. The van der Waals surface area contributed by atoms with Crippen LogP contribution in [0.3, 0.4) is 0 Å². The summed E-state index contributed by atoms with van der Waals surface area (Å²) < 4.78 is 55.7. The van der Waals surface area contributed by atoms with Gasteiger partial charge in [0.05, 0.1) is 27.9 Å². The van der Waals surface area contributed by atoms with Gasteiger partial charge >= 0.3 is 12.1 Å². The van der Waals surface area contributed by atoms with Crippen molar-refractivity contribution in [1.82, 2.24) is 4.72 Å². The van der Waals surface area contributed by atoms with Gasteiger partial charge < -0.3 is 4.74 Å². The molecule has 0 unspecified atom stereocenters. The van der Waals surface area contributed by atoms with E-state index in [1.165, 1.54) is 27.7 Å². The molecule has 112 valence electrons. The number of esters is 1. The van der Waals surface area contributed by atoms with Gasteiger partial charge in [0, 0.05) is 0 Å². The van der Waals surface area contributed by atoms with Crippen LogP contribution in [0.15, 0.2) is 12.2 Å². The molecule has 0 saturated carbocycles. The fourth-order valence-electron chi connectivity index (χ4n) is 0.961. The number of carbonyl (C=O) groups excluding carboxylic acids is 1. The standard InChI is InChI=1S/C11H18F3NO3S/c1-6-18-9(16)7(2)8(11(12,13)14)15-19(17)10(3,4)5/h8,15H,2,6H2,1,3-5H3/t8-,19-/m0/s1. The molecule has 4 nitrogen and oxygen atoms in total. The van der Waals surface area contributed by atoms with E-state index in [2.05, 4.69) is 11.3 Å². The van der Waals surface area contributed by atoms with E-state index >= 15 is 0 Å². The number of ether oxygens (including phenoxy) is 1. The molecule has 0 rings (SSSR count). The van der Waals surface area contributed by atoms with Crippen LogP contribution in [-0.4, -0.2) is 33.8 Å². The van der Waals surface area contributed by atoms with Crippen molar-refractivity contribution in [3.63, 3.8) is 0 Å². The van der Waals surface area contributed by atoms with E-state index in [0.717, 1.165) is 0 Å². The third-order valence-electron chi connectivity index (χ3n) is 1.99. The summed E-state index contributed by atoms with van der Waals surface area (Å²) in [5.74, 6) is -1.16. The minimum absolute atomic E-state index is 0.0647. The molecule has 2 atom stereocenters. The molecule has 0 aromatic heterocycles. The molecule has 0 spiro atoms. The Bertz CT molecular complexity index is 374. The lowest BCUT2D eigenvalue weighted by molar-refractivity contribution is -0.154. The summed E-state index contributed by atoms with van der Waals surface area (Å²) in [7, 11) is -1.99. The van der Waals surface area contributed by atoms with Crippen molar-refractivity contribution in [3.05, 3.63) is 12.2 Å².